The summed E-state index contributed by atoms with van der Waals surface area (Å²) in [5.74, 6) is 1.79. The molecule has 3 aromatic rings. The zero-order valence-corrected chi connectivity index (χ0v) is 13.0. The molecule has 1 saturated heterocycles. The number of nitrogens with two attached hydrogens (primary N) is 1. The highest BCUT2D eigenvalue weighted by atomic mass is 16.5. The summed E-state index contributed by atoms with van der Waals surface area (Å²) in [5, 5.41) is 4.67. The van der Waals surface area contributed by atoms with Gasteiger partial charge in [-0.2, -0.15) is 5.10 Å². The Balaban J connectivity index is 1.75. The lowest BCUT2D eigenvalue weighted by atomic mass is 10.1. The number of rotatable bonds is 3. The highest BCUT2D eigenvalue weighted by molar-refractivity contribution is 5.75. The van der Waals surface area contributed by atoms with E-state index in [1.54, 1.807) is 13.3 Å². The lowest BCUT2D eigenvalue weighted by Gasteiger charge is -2.17. The maximum Gasteiger partial charge on any atom is 0.154 e. The zero-order chi connectivity index (χ0) is 15.8. The van der Waals surface area contributed by atoms with Crippen LogP contribution in [0.5, 0.6) is 5.75 Å². The van der Waals surface area contributed by atoms with Crippen LogP contribution in [0, 0.1) is 0 Å². The summed E-state index contributed by atoms with van der Waals surface area (Å²) in [7, 11) is 1.67. The molecule has 1 fully saturated rings. The topological polar surface area (TPSA) is 68.7 Å². The number of hydrogen-bond acceptors (Lipinski definition) is 5. The molecule has 0 aliphatic carbocycles. The maximum absolute atomic E-state index is 6.03. The van der Waals surface area contributed by atoms with Gasteiger partial charge in [0, 0.05) is 37.1 Å². The first-order chi connectivity index (χ1) is 11.2. The molecular weight excluding hydrogens is 290 g/mol. The average Bonchev–Trinajstić information content (AvgIpc) is 3.20. The normalized spacial score (nSPS) is 17.8. The fourth-order valence-corrected chi connectivity index (χ4v) is 3.03. The minimum absolute atomic E-state index is 0.223. The molecule has 0 radical (unpaired) electrons. The van der Waals surface area contributed by atoms with Gasteiger partial charge >= 0.3 is 0 Å². The number of fused-ring (bicyclic) bond motifs is 1. The van der Waals surface area contributed by atoms with E-state index in [9.17, 15) is 0 Å². The molecule has 0 bridgehead atoms. The van der Waals surface area contributed by atoms with E-state index in [0.29, 0.717) is 0 Å². The summed E-state index contributed by atoms with van der Waals surface area (Å²) >= 11 is 0. The molecule has 1 atom stereocenters. The second kappa shape index (κ2) is 5.55. The van der Waals surface area contributed by atoms with Crippen molar-refractivity contribution >= 4 is 11.3 Å². The van der Waals surface area contributed by atoms with Gasteiger partial charge in [-0.05, 0) is 36.8 Å². The molecule has 1 aliphatic heterocycles. The zero-order valence-electron chi connectivity index (χ0n) is 13.0. The van der Waals surface area contributed by atoms with Crippen molar-refractivity contribution in [3.63, 3.8) is 0 Å². The van der Waals surface area contributed by atoms with E-state index in [1.165, 1.54) is 0 Å². The Hall–Kier alpha value is -2.60. The molecule has 118 valence electrons. The van der Waals surface area contributed by atoms with Crippen molar-refractivity contribution in [2.75, 3.05) is 25.1 Å². The van der Waals surface area contributed by atoms with Crippen LogP contribution in [0.4, 0.5) is 5.82 Å². The van der Waals surface area contributed by atoms with E-state index >= 15 is 0 Å². The van der Waals surface area contributed by atoms with Crippen LogP contribution in [-0.4, -0.2) is 40.8 Å². The lowest BCUT2D eigenvalue weighted by molar-refractivity contribution is 0.415. The van der Waals surface area contributed by atoms with E-state index in [-0.39, 0.29) is 6.04 Å². The molecule has 1 unspecified atom stereocenters. The maximum atomic E-state index is 6.03. The molecular formula is C17H19N5O. The Morgan fingerprint density at radius 3 is 2.78 bits per heavy atom. The lowest BCUT2D eigenvalue weighted by Crippen LogP contribution is -2.27. The molecule has 0 saturated carbocycles. The molecule has 23 heavy (non-hydrogen) atoms. The highest BCUT2D eigenvalue weighted by Gasteiger charge is 2.22. The van der Waals surface area contributed by atoms with Crippen molar-refractivity contribution in [1.82, 2.24) is 14.6 Å². The van der Waals surface area contributed by atoms with Gasteiger partial charge in [-0.1, -0.05) is 0 Å². The van der Waals surface area contributed by atoms with Crippen LogP contribution in [0.25, 0.3) is 16.8 Å². The van der Waals surface area contributed by atoms with Crippen LogP contribution in [-0.2, 0) is 0 Å². The fraction of sp³-hybridized carbons (Fsp3) is 0.294. The minimum Gasteiger partial charge on any atom is -0.497 e. The smallest absolute Gasteiger partial charge is 0.154 e. The summed E-state index contributed by atoms with van der Waals surface area (Å²) < 4.78 is 7.09. The third-order valence-electron chi connectivity index (χ3n) is 4.28. The van der Waals surface area contributed by atoms with Crippen LogP contribution in [0.15, 0.2) is 42.7 Å². The predicted octanol–water partition coefficient (Wildman–Crippen LogP) is 1.94. The standard InChI is InChI=1S/C17H19N5O/c1-23-14-4-2-12(3-5-14)15-10-16-17(19-7-9-22(16)20-15)21-8-6-13(18)11-21/h2-5,7,9-10,13H,6,8,11,18H2,1H3. The number of hydrogen-bond donors (Lipinski definition) is 1. The summed E-state index contributed by atoms with van der Waals surface area (Å²) in [4.78, 5) is 6.78. The van der Waals surface area contributed by atoms with E-state index in [2.05, 4.69) is 21.0 Å². The van der Waals surface area contributed by atoms with Crippen molar-refractivity contribution in [1.29, 1.82) is 0 Å². The Kier molecular flexibility index (Phi) is 3.38. The number of benzene rings is 1. The fourth-order valence-electron chi connectivity index (χ4n) is 3.03. The molecule has 4 rings (SSSR count). The highest BCUT2D eigenvalue weighted by Crippen LogP contribution is 2.27. The SMILES string of the molecule is COc1ccc(-c2cc3c(N4CCC(N)C4)nccn3n2)cc1. The average molecular weight is 309 g/mol. The molecule has 6 nitrogen and oxygen atoms in total. The van der Waals surface area contributed by atoms with Gasteiger partial charge in [-0.3, -0.25) is 0 Å². The molecule has 1 aliphatic rings. The van der Waals surface area contributed by atoms with Crippen LogP contribution < -0.4 is 15.4 Å². The number of anilines is 1. The van der Waals surface area contributed by atoms with Crippen molar-refractivity contribution < 1.29 is 4.74 Å². The minimum atomic E-state index is 0.223. The van der Waals surface area contributed by atoms with Crippen LogP contribution in [0.2, 0.25) is 0 Å². The van der Waals surface area contributed by atoms with Crippen molar-refractivity contribution in [2.45, 2.75) is 12.5 Å². The molecule has 3 heterocycles. The van der Waals surface area contributed by atoms with Gasteiger partial charge in [-0.25, -0.2) is 9.50 Å². The summed E-state index contributed by atoms with van der Waals surface area (Å²) in [6.45, 7) is 1.78. The molecule has 0 amide bonds. The first-order valence-corrected chi connectivity index (χ1v) is 7.74. The van der Waals surface area contributed by atoms with Crippen molar-refractivity contribution in [2.24, 2.45) is 5.73 Å². The summed E-state index contributed by atoms with van der Waals surface area (Å²) in [5.41, 5.74) is 9.01. The van der Waals surface area contributed by atoms with E-state index in [0.717, 1.165) is 47.9 Å². The van der Waals surface area contributed by atoms with Gasteiger partial charge in [0.1, 0.15) is 11.3 Å². The summed E-state index contributed by atoms with van der Waals surface area (Å²) in [6.07, 6.45) is 4.67. The van der Waals surface area contributed by atoms with Gasteiger partial charge in [0.2, 0.25) is 0 Å². The number of ether oxygens (including phenoxy) is 1. The van der Waals surface area contributed by atoms with Crippen molar-refractivity contribution in [3.05, 3.63) is 42.7 Å². The van der Waals surface area contributed by atoms with Gasteiger partial charge < -0.3 is 15.4 Å². The third-order valence-corrected chi connectivity index (χ3v) is 4.28. The number of nitrogens with zero attached hydrogens (tertiary/aromatic N) is 4. The molecule has 0 spiro atoms. The molecule has 1 aromatic carbocycles. The third kappa shape index (κ3) is 2.51. The van der Waals surface area contributed by atoms with Crippen LogP contribution >= 0.6 is 0 Å². The second-order valence-corrected chi connectivity index (χ2v) is 5.83. The van der Waals surface area contributed by atoms with Gasteiger partial charge in [0.05, 0.1) is 12.8 Å². The van der Waals surface area contributed by atoms with E-state index in [4.69, 9.17) is 10.5 Å². The predicted molar refractivity (Wildman–Crippen MR) is 89.8 cm³/mol. The van der Waals surface area contributed by atoms with E-state index < -0.39 is 0 Å². The molecule has 2 N–H and O–H groups in total. The Morgan fingerprint density at radius 2 is 2.09 bits per heavy atom. The van der Waals surface area contributed by atoms with E-state index in [1.807, 2.05) is 35.0 Å². The van der Waals surface area contributed by atoms with Gasteiger partial charge in [0.25, 0.3) is 0 Å². The first kappa shape index (κ1) is 14.0. The van der Waals surface area contributed by atoms with Gasteiger partial charge in [0.15, 0.2) is 5.82 Å². The quantitative estimate of drug-likeness (QED) is 0.801. The first-order valence-electron chi connectivity index (χ1n) is 7.74. The number of methoxy groups -OCH3 is 1. The molecule has 6 heteroatoms. The Morgan fingerprint density at radius 1 is 1.26 bits per heavy atom. The molecule has 2 aromatic heterocycles. The summed E-state index contributed by atoms with van der Waals surface area (Å²) in [6, 6.07) is 10.2. The monoisotopic (exact) mass is 309 g/mol. The number of aromatic nitrogens is 3. The van der Waals surface area contributed by atoms with Crippen LogP contribution in [0.3, 0.4) is 0 Å². The Bertz CT molecular complexity index is 827. The van der Waals surface area contributed by atoms with Gasteiger partial charge in [-0.15, -0.1) is 0 Å². The Labute approximate surface area is 134 Å². The largest absolute Gasteiger partial charge is 0.497 e. The van der Waals surface area contributed by atoms with Crippen LogP contribution in [0.1, 0.15) is 6.42 Å². The second-order valence-electron chi connectivity index (χ2n) is 5.83. The van der Waals surface area contributed by atoms with Crippen molar-refractivity contribution in [3.8, 4) is 17.0 Å².